The summed E-state index contributed by atoms with van der Waals surface area (Å²) in [6.07, 6.45) is 0.853. The van der Waals surface area contributed by atoms with E-state index in [4.69, 9.17) is 28.5 Å². The second-order valence-electron chi connectivity index (χ2n) is 3.10. The van der Waals surface area contributed by atoms with Crippen LogP contribution in [0.4, 0.5) is 0 Å². The van der Waals surface area contributed by atoms with Gasteiger partial charge in [0.1, 0.15) is 0 Å². The Morgan fingerprint density at radius 3 is 2.47 bits per heavy atom. The van der Waals surface area contributed by atoms with Gasteiger partial charge in [-0.2, -0.15) is 5.26 Å². The first-order valence-electron chi connectivity index (χ1n) is 4.65. The predicted octanol–water partition coefficient (Wildman–Crippen LogP) is 4.64. The number of benzene rings is 1. The van der Waals surface area contributed by atoms with Crippen molar-refractivity contribution < 1.29 is 0 Å². The van der Waals surface area contributed by atoms with E-state index in [1.165, 1.54) is 0 Å². The standard InChI is InChI=1S/C11H11Cl2NS/c1-2-8(6-14)7-15-11-9(12)4-3-5-10(11)13/h3-5,8H,2,7H2,1H3. The summed E-state index contributed by atoms with van der Waals surface area (Å²) >= 11 is 13.6. The van der Waals surface area contributed by atoms with Gasteiger partial charge in [0.15, 0.2) is 0 Å². The molecule has 0 aromatic heterocycles. The highest BCUT2D eigenvalue weighted by Gasteiger charge is 2.10. The van der Waals surface area contributed by atoms with Crippen LogP contribution in [0.5, 0.6) is 0 Å². The maximum atomic E-state index is 8.81. The summed E-state index contributed by atoms with van der Waals surface area (Å²) in [5.74, 6) is 0.790. The summed E-state index contributed by atoms with van der Waals surface area (Å²) in [6.45, 7) is 2.00. The molecule has 1 rings (SSSR count). The summed E-state index contributed by atoms with van der Waals surface area (Å²) < 4.78 is 0. The lowest BCUT2D eigenvalue weighted by molar-refractivity contribution is 0.724. The van der Waals surface area contributed by atoms with Crippen molar-refractivity contribution in [1.82, 2.24) is 0 Å². The lowest BCUT2D eigenvalue weighted by Gasteiger charge is -2.08. The van der Waals surface area contributed by atoms with Gasteiger partial charge in [-0.05, 0) is 18.6 Å². The van der Waals surface area contributed by atoms with Crippen molar-refractivity contribution in [3.63, 3.8) is 0 Å². The first kappa shape index (κ1) is 12.7. The molecule has 0 bridgehead atoms. The zero-order valence-electron chi connectivity index (χ0n) is 8.34. The summed E-state index contributed by atoms with van der Waals surface area (Å²) in [6, 6.07) is 7.69. The van der Waals surface area contributed by atoms with Crippen molar-refractivity contribution >= 4 is 35.0 Å². The van der Waals surface area contributed by atoms with E-state index in [0.717, 1.165) is 17.1 Å². The Labute approximate surface area is 104 Å². The Balaban J connectivity index is 2.69. The van der Waals surface area contributed by atoms with E-state index in [9.17, 15) is 0 Å². The largest absolute Gasteiger partial charge is 0.198 e. The van der Waals surface area contributed by atoms with Gasteiger partial charge in [0.25, 0.3) is 0 Å². The smallest absolute Gasteiger partial charge is 0.0664 e. The summed E-state index contributed by atoms with van der Waals surface area (Å²) in [5.41, 5.74) is 0. The molecule has 0 spiro atoms. The molecular formula is C11H11Cl2NS. The fourth-order valence-corrected chi connectivity index (χ4v) is 2.87. The first-order chi connectivity index (χ1) is 7.19. The highest BCUT2D eigenvalue weighted by Crippen LogP contribution is 2.34. The molecule has 0 radical (unpaired) electrons. The summed E-state index contributed by atoms with van der Waals surface area (Å²) in [4.78, 5) is 0.870. The van der Waals surface area contributed by atoms with Gasteiger partial charge in [-0.15, -0.1) is 11.8 Å². The molecule has 4 heteroatoms. The number of hydrogen-bond acceptors (Lipinski definition) is 2. The Kier molecular flexibility index (Phi) is 5.31. The second-order valence-corrected chi connectivity index (χ2v) is 4.94. The molecule has 0 N–H and O–H groups in total. The van der Waals surface area contributed by atoms with Crippen LogP contribution < -0.4 is 0 Å². The molecule has 15 heavy (non-hydrogen) atoms. The molecule has 1 aromatic carbocycles. The lowest BCUT2D eigenvalue weighted by atomic mass is 10.1. The minimum Gasteiger partial charge on any atom is -0.198 e. The van der Waals surface area contributed by atoms with Crippen molar-refractivity contribution in [2.24, 2.45) is 5.92 Å². The van der Waals surface area contributed by atoms with Gasteiger partial charge in [-0.3, -0.25) is 0 Å². The number of nitriles is 1. The van der Waals surface area contributed by atoms with Crippen molar-refractivity contribution in [2.45, 2.75) is 18.2 Å². The zero-order valence-corrected chi connectivity index (χ0v) is 10.7. The number of thioether (sulfide) groups is 1. The minimum absolute atomic E-state index is 0.0577. The van der Waals surface area contributed by atoms with Crippen LogP contribution >= 0.6 is 35.0 Å². The summed E-state index contributed by atoms with van der Waals surface area (Å²) in [5, 5.41) is 10.1. The minimum atomic E-state index is 0.0577. The van der Waals surface area contributed by atoms with Crippen LogP contribution in [0.3, 0.4) is 0 Å². The second kappa shape index (κ2) is 6.27. The maximum absolute atomic E-state index is 8.81. The van der Waals surface area contributed by atoms with Gasteiger partial charge in [0.2, 0.25) is 0 Å². The monoisotopic (exact) mass is 259 g/mol. The summed E-state index contributed by atoms with van der Waals surface area (Å²) in [7, 11) is 0. The highest BCUT2D eigenvalue weighted by atomic mass is 35.5. The molecule has 0 fully saturated rings. The fraction of sp³-hybridized carbons (Fsp3) is 0.364. The van der Waals surface area contributed by atoms with E-state index in [2.05, 4.69) is 6.07 Å². The molecule has 0 aliphatic carbocycles. The Bertz CT molecular complexity index is 353. The maximum Gasteiger partial charge on any atom is 0.0664 e. The Hall–Kier alpha value is -0.360. The van der Waals surface area contributed by atoms with E-state index in [1.807, 2.05) is 25.1 Å². The van der Waals surface area contributed by atoms with Gasteiger partial charge in [0, 0.05) is 10.6 Å². The molecule has 0 aliphatic rings. The molecular weight excluding hydrogens is 249 g/mol. The van der Waals surface area contributed by atoms with E-state index in [1.54, 1.807) is 11.8 Å². The number of hydrogen-bond donors (Lipinski definition) is 0. The van der Waals surface area contributed by atoms with Crippen LogP contribution in [0, 0.1) is 17.2 Å². The van der Waals surface area contributed by atoms with Gasteiger partial charge in [-0.25, -0.2) is 0 Å². The molecule has 0 heterocycles. The van der Waals surface area contributed by atoms with Gasteiger partial charge in [-0.1, -0.05) is 36.2 Å². The van der Waals surface area contributed by atoms with E-state index in [-0.39, 0.29) is 5.92 Å². The van der Waals surface area contributed by atoms with Crippen molar-refractivity contribution in [3.05, 3.63) is 28.2 Å². The van der Waals surface area contributed by atoms with Crippen LogP contribution in [-0.4, -0.2) is 5.75 Å². The van der Waals surface area contributed by atoms with Gasteiger partial charge in [0.05, 0.1) is 22.0 Å². The molecule has 0 aliphatic heterocycles. The molecule has 0 amide bonds. The number of rotatable bonds is 4. The SMILES string of the molecule is CCC(C#N)CSc1c(Cl)cccc1Cl. The third-order valence-electron chi connectivity index (χ3n) is 2.02. The molecule has 0 saturated heterocycles. The third kappa shape index (κ3) is 3.61. The van der Waals surface area contributed by atoms with Crippen LogP contribution in [0.1, 0.15) is 13.3 Å². The molecule has 1 aromatic rings. The van der Waals surface area contributed by atoms with Gasteiger partial charge < -0.3 is 0 Å². The first-order valence-corrected chi connectivity index (χ1v) is 6.39. The molecule has 1 atom stereocenters. The average molecular weight is 260 g/mol. The zero-order chi connectivity index (χ0) is 11.3. The van der Waals surface area contributed by atoms with Gasteiger partial charge >= 0.3 is 0 Å². The van der Waals surface area contributed by atoms with Crippen LogP contribution in [-0.2, 0) is 0 Å². The van der Waals surface area contributed by atoms with E-state index in [0.29, 0.717) is 10.0 Å². The van der Waals surface area contributed by atoms with Crippen molar-refractivity contribution in [3.8, 4) is 6.07 Å². The third-order valence-corrected chi connectivity index (χ3v) is 4.17. The van der Waals surface area contributed by atoms with Crippen LogP contribution in [0.25, 0.3) is 0 Å². The van der Waals surface area contributed by atoms with Crippen LogP contribution in [0.15, 0.2) is 23.1 Å². The predicted molar refractivity (Wildman–Crippen MR) is 66.6 cm³/mol. The lowest BCUT2D eigenvalue weighted by Crippen LogP contribution is -1.98. The Morgan fingerprint density at radius 2 is 2.00 bits per heavy atom. The Morgan fingerprint density at radius 1 is 1.40 bits per heavy atom. The number of halogens is 2. The highest BCUT2D eigenvalue weighted by molar-refractivity contribution is 7.99. The van der Waals surface area contributed by atoms with Crippen molar-refractivity contribution in [1.29, 1.82) is 5.26 Å². The van der Waals surface area contributed by atoms with E-state index >= 15 is 0 Å². The molecule has 1 nitrogen and oxygen atoms in total. The fourth-order valence-electron chi connectivity index (χ4n) is 1.05. The van der Waals surface area contributed by atoms with Crippen molar-refractivity contribution in [2.75, 3.05) is 5.75 Å². The average Bonchev–Trinajstić information content (AvgIpc) is 2.23. The number of nitrogens with zero attached hydrogens (tertiary/aromatic N) is 1. The quantitative estimate of drug-likeness (QED) is 0.736. The van der Waals surface area contributed by atoms with E-state index < -0.39 is 0 Å². The molecule has 0 saturated carbocycles. The normalized spacial score (nSPS) is 12.1. The molecule has 80 valence electrons. The van der Waals surface area contributed by atoms with Crippen LogP contribution in [0.2, 0.25) is 10.0 Å². The molecule has 1 unspecified atom stereocenters. The topological polar surface area (TPSA) is 23.8 Å².